The third-order valence-corrected chi connectivity index (χ3v) is 11.1. The maximum absolute atomic E-state index is 6.73. The lowest BCUT2D eigenvalue weighted by atomic mass is 9.68. The lowest BCUT2D eigenvalue weighted by molar-refractivity contribution is -0.0871. The smallest absolute Gasteiger partial charge is 0.118 e. The molecule has 1 saturated carbocycles. The van der Waals surface area contributed by atoms with Gasteiger partial charge in [0.2, 0.25) is 0 Å². The molecule has 1 aliphatic heterocycles. The van der Waals surface area contributed by atoms with Crippen molar-refractivity contribution in [1.82, 2.24) is 0 Å². The van der Waals surface area contributed by atoms with E-state index in [0.29, 0.717) is 0 Å². The summed E-state index contributed by atoms with van der Waals surface area (Å²) in [7, 11) is 1.93. The number of nitrogens with zero attached hydrogens (tertiary/aromatic N) is 1. The Bertz CT molecular complexity index is 2230. The van der Waals surface area contributed by atoms with Gasteiger partial charge in [-0.25, -0.2) is 0 Å². The maximum atomic E-state index is 6.73. The van der Waals surface area contributed by atoms with Crippen LogP contribution in [0.15, 0.2) is 140 Å². The van der Waals surface area contributed by atoms with E-state index in [4.69, 9.17) is 4.74 Å². The van der Waals surface area contributed by atoms with Crippen LogP contribution in [0.4, 0.5) is 11.4 Å². The number of benzene rings is 7. The van der Waals surface area contributed by atoms with E-state index in [2.05, 4.69) is 151 Å². The molecule has 0 bridgehead atoms. The largest absolute Gasteiger partial charge is 0.371 e. The molecule has 0 aromatic heterocycles. The highest BCUT2D eigenvalue weighted by Gasteiger charge is 2.61. The third-order valence-electron chi connectivity index (χ3n) is 11.1. The molecule has 224 valence electrons. The predicted octanol–water partition coefficient (Wildman–Crippen LogP) is 11.8. The number of rotatable bonds is 4. The van der Waals surface area contributed by atoms with E-state index >= 15 is 0 Å². The lowest BCUT2D eigenvalue weighted by Gasteiger charge is -2.50. The van der Waals surface area contributed by atoms with Crippen molar-refractivity contribution in [2.45, 2.75) is 43.7 Å². The van der Waals surface area contributed by atoms with Crippen molar-refractivity contribution in [3.63, 3.8) is 0 Å². The molecule has 46 heavy (non-hydrogen) atoms. The molecule has 2 atom stereocenters. The molecule has 2 unspecified atom stereocenters. The molecule has 0 spiro atoms. The van der Waals surface area contributed by atoms with Gasteiger partial charge >= 0.3 is 0 Å². The van der Waals surface area contributed by atoms with E-state index in [1.54, 1.807) is 0 Å². The summed E-state index contributed by atoms with van der Waals surface area (Å²) in [5.74, 6) is 0. The second kappa shape index (κ2) is 10.3. The molecule has 0 N–H and O–H groups in total. The molecule has 1 heterocycles. The summed E-state index contributed by atoms with van der Waals surface area (Å²) in [5, 5.41) is 7.66. The first-order chi connectivity index (χ1) is 22.6. The highest BCUT2D eigenvalue weighted by molar-refractivity contribution is 6.23. The molecule has 2 aliphatic rings. The second-order valence-electron chi connectivity index (χ2n) is 13.3. The zero-order valence-electron chi connectivity index (χ0n) is 26.5. The Morgan fingerprint density at radius 2 is 1.15 bits per heavy atom. The van der Waals surface area contributed by atoms with E-state index in [1.165, 1.54) is 84.4 Å². The molecule has 0 amide bonds. The number of hydrogen-bond acceptors (Lipinski definition) is 2. The molecule has 0 radical (unpaired) electrons. The van der Waals surface area contributed by atoms with Crippen LogP contribution in [0, 0.1) is 0 Å². The first kappa shape index (κ1) is 27.4. The number of hydrogen-bond donors (Lipinski definition) is 0. The fraction of sp³-hybridized carbons (Fsp3) is 0.182. The van der Waals surface area contributed by atoms with Gasteiger partial charge in [0, 0.05) is 24.0 Å². The van der Waals surface area contributed by atoms with Gasteiger partial charge in [0.15, 0.2) is 0 Å². The summed E-state index contributed by atoms with van der Waals surface area (Å²) in [6.07, 6.45) is 4.48. The molecule has 0 saturated heterocycles. The Kier molecular flexibility index (Phi) is 6.14. The fourth-order valence-corrected chi connectivity index (χ4v) is 9.11. The molecular weight excluding hydrogens is 558 g/mol. The summed E-state index contributed by atoms with van der Waals surface area (Å²) in [4.78, 5) is 2.58. The van der Waals surface area contributed by atoms with Crippen molar-refractivity contribution >= 4 is 43.7 Å². The number of ether oxygens (including phenoxy) is 1. The Hall–Kier alpha value is -4.92. The van der Waals surface area contributed by atoms with Crippen molar-refractivity contribution < 1.29 is 4.74 Å². The highest BCUT2D eigenvalue weighted by atomic mass is 16.5. The topological polar surface area (TPSA) is 12.5 Å². The second-order valence-corrected chi connectivity index (χ2v) is 13.3. The minimum atomic E-state index is -0.388. The van der Waals surface area contributed by atoms with Gasteiger partial charge in [0.1, 0.15) is 5.60 Å². The molecule has 2 heteroatoms. The predicted molar refractivity (Wildman–Crippen MR) is 194 cm³/mol. The van der Waals surface area contributed by atoms with Crippen LogP contribution >= 0.6 is 0 Å². The molecular formula is C44H37NO. The van der Waals surface area contributed by atoms with Gasteiger partial charge < -0.3 is 9.64 Å². The van der Waals surface area contributed by atoms with Crippen LogP contribution in [0.25, 0.3) is 54.6 Å². The third kappa shape index (κ3) is 3.68. The number of fused-ring (bicyclic) bond motifs is 6. The van der Waals surface area contributed by atoms with Crippen molar-refractivity contribution in [2.24, 2.45) is 0 Å². The molecule has 7 aromatic rings. The van der Waals surface area contributed by atoms with Gasteiger partial charge in [-0.3, -0.25) is 0 Å². The van der Waals surface area contributed by atoms with Crippen LogP contribution in [0.1, 0.15) is 38.2 Å². The fourth-order valence-electron chi connectivity index (χ4n) is 9.11. The van der Waals surface area contributed by atoms with Crippen LogP contribution in [0.5, 0.6) is 0 Å². The summed E-state index contributed by atoms with van der Waals surface area (Å²) >= 11 is 0. The van der Waals surface area contributed by atoms with Crippen LogP contribution < -0.4 is 4.90 Å². The van der Waals surface area contributed by atoms with Crippen molar-refractivity contribution in [1.29, 1.82) is 0 Å². The Labute approximate surface area is 270 Å². The first-order valence-corrected chi connectivity index (χ1v) is 16.6. The number of anilines is 2. The zero-order chi connectivity index (χ0) is 30.9. The zero-order valence-corrected chi connectivity index (χ0v) is 26.5. The summed E-state index contributed by atoms with van der Waals surface area (Å²) in [6.45, 7) is 2.42. The SMILES string of the molecule is COC12CCCCC1(C)N(c1ccccc1)c1ccc(-c3c4ccccc4c(-c4cccc5ccccc45)c4ccccc34)cc12. The molecule has 7 aromatic carbocycles. The monoisotopic (exact) mass is 595 g/mol. The highest BCUT2D eigenvalue weighted by Crippen LogP contribution is 2.62. The van der Waals surface area contributed by atoms with Crippen molar-refractivity contribution in [3.05, 3.63) is 145 Å². The van der Waals surface area contributed by atoms with Crippen molar-refractivity contribution in [3.8, 4) is 22.3 Å². The average molecular weight is 596 g/mol. The Morgan fingerprint density at radius 1 is 0.565 bits per heavy atom. The summed E-state index contributed by atoms with van der Waals surface area (Å²) < 4.78 is 6.73. The van der Waals surface area contributed by atoms with E-state index in [9.17, 15) is 0 Å². The quantitative estimate of drug-likeness (QED) is 0.188. The van der Waals surface area contributed by atoms with Crippen LogP contribution in [-0.4, -0.2) is 12.6 Å². The Morgan fingerprint density at radius 3 is 1.85 bits per heavy atom. The minimum absolute atomic E-state index is 0.176. The Balaban J connectivity index is 1.34. The van der Waals surface area contributed by atoms with E-state index < -0.39 is 0 Å². The van der Waals surface area contributed by atoms with E-state index in [1.807, 2.05) is 7.11 Å². The first-order valence-electron chi connectivity index (χ1n) is 16.6. The van der Waals surface area contributed by atoms with Crippen LogP contribution in [0.3, 0.4) is 0 Å². The molecule has 1 fully saturated rings. The van der Waals surface area contributed by atoms with E-state index in [-0.39, 0.29) is 11.1 Å². The van der Waals surface area contributed by atoms with Crippen molar-refractivity contribution in [2.75, 3.05) is 12.0 Å². The number of methoxy groups -OCH3 is 1. The summed E-state index contributed by atoms with van der Waals surface area (Å²) in [5.41, 5.74) is 8.36. The standard InChI is InChI=1S/C44H37NO/c1-43-27-12-13-28-44(43,46-2)39-29-31(25-26-40(39)45(43)32-17-4-3-5-18-32)41-35-20-8-10-22-37(35)42(38-23-11-9-21-36(38)41)34-24-14-16-30-15-6-7-19-33(30)34/h3-11,14-26,29H,12-13,27-28H2,1-2H3. The van der Waals surface area contributed by atoms with E-state index in [0.717, 1.165) is 12.8 Å². The molecule has 9 rings (SSSR count). The average Bonchev–Trinajstić information content (AvgIpc) is 3.35. The summed E-state index contributed by atoms with van der Waals surface area (Å²) in [6, 6.07) is 51.5. The van der Waals surface area contributed by atoms with Gasteiger partial charge in [0.05, 0.1) is 5.54 Å². The minimum Gasteiger partial charge on any atom is -0.371 e. The normalized spacial score (nSPS) is 20.7. The number of para-hydroxylation sites is 1. The molecule has 2 nitrogen and oxygen atoms in total. The van der Waals surface area contributed by atoms with Gasteiger partial charge in [-0.05, 0) is 98.6 Å². The van der Waals surface area contributed by atoms with Gasteiger partial charge in [-0.2, -0.15) is 0 Å². The lowest BCUT2D eigenvalue weighted by Crippen LogP contribution is -2.57. The van der Waals surface area contributed by atoms with Gasteiger partial charge in [-0.1, -0.05) is 128 Å². The maximum Gasteiger partial charge on any atom is 0.118 e. The molecule has 1 aliphatic carbocycles. The van der Waals surface area contributed by atoms with Crippen LogP contribution in [0.2, 0.25) is 0 Å². The van der Waals surface area contributed by atoms with Gasteiger partial charge in [-0.15, -0.1) is 0 Å². The van der Waals surface area contributed by atoms with Gasteiger partial charge in [0.25, 0.3) is 0 Å². The van der Waals surface area contributed by atoms with Crippen LogP contribution in [-0.2, 0) is 10.3 Å².